The summed E-state index contributed by atoms with van der Waals surface area (Å²) in [4.78, 5) is 8.01. The molecule has 0 aliphatic rings. The lowest BCUT2D eigenvalue weighted by molar-refractivity contribution is 0.304. The first-order valence-corrected chi connectivity index (χ1v) is 10.4. The number of hydrogen-bond acceptors (Lipinski definition) is 2. The van der Waals surface area contributed by atoms with E-state index in [1.54, 1.807) is 0 Å². The highest BCUT2D eigenvalue weighted by atomic mass is 35.5. The molecule has 0 spiro atoms. The standard InChI is InChI=1S/C23H29ClN2O/c1-3-4-5-6-7-8-9-14-27-18-11-12-19(20(24)16-18)23-25-21-13-10-17(2)15-22(21)26-23/h10-13,15-16H,3-9,14H2,1-2H3,(H,25,26). The topological polar surface area (TPSA) is 37.9 Å². The molecule has 1 N–H and O–H groups in total. The lowest BCUT2D eigenvalue weighted by Crippen LogP contribution is -1.97. The lowest BCUT2D eigenvalue weighted by Gasteiger charge is -2.08. The SMILES string of the molecule is CCCCCCCCCOc1ccc(-c2nc3ccc(C)cc3[nH]2)c(Cl)c1. The van der Waals surface area contributed by atoms with E-state index in [9.17, 15) is 0 Å². The molecule has 4 heteroatoms. The number of fused-ring (bicyclic) bond motifs is 1. The van der Waals surface area contributed by atoms with Crippen LogP contribution in [-0.2, 0) is 0 Å². The summed E-state index contributed by atoms with van der Waals surface area (Å²) < 4.78 is 5.87. The van der Waals surface area contributed by atoms with E-state index in [0.29, 0.717) is 5.02 Å². The molecule has 3 nitrogen and oxygen atoms in total. The number of ether oxygens (including phenoxy) is 1. The van der Waals surface area contributed by atoms with Crippen molar-refractivity contribution in [2.24, 2.45) is 0 Å². The smallest absolute Gasteiger partial charge is 0.140 e. The number of rotatable bonds is 10. The number of aryl methyl sites for hydroxylation is 1. The predicted molar refractivity (Wildman–Crippen MR) is 115 cm³/mol. The van der Waals surface area contributed by atoms with Crippen molar-refractivity contribution >= 4 is 22.6 Å². The van der Waals surface area contributed by atoms with Crippen LogP contribution in [0.3, 0.4) is 0 Å². The Hall–Kier alpha value is -2.00. The molecule has 1 heterocycles. The van der Waals surface area contributed by atoms with Gasteiger partial charge in [0.2, 0.25) is 0 Å². The Labute approximate surface area is 167 Å². The molecule has 0 aliphatic heterocycles. The van der Waals surface area contributed by atoms with E-state index in [1.165, 1.54) is 44.1 Å². The van der Waals surface area contributed by atoms with Gasteiger partial charge < -0.3 is 9.72 Å². The maximum atomic E-state index is 6.49. The first-order valence-electron chi connectivity index (χ1n) is 10.1. The summed E-state index contributed by atoms with van der Waals surface area (Å²) >= 11 is 6.49. The first-order chi connectivity index (χ1) is 13.2. The molecule has 0 unspecified atom stereocenters. The molecule has 1 aromatic heterocycles. The number of unbranched alkanes of at least 4 members (excludes halogenated alkanes) is 6. The molecule has 0 radical (unpaired) electrons. The summed E-state index contributed by atoms with van der Waals surface area (Å²) in [5, 5.41) is 0.655. The number of imidazole rings is 1. The molecule has 3 rings (SSSR count). The summed E-state index contributed by atoms with van der Waals surface area (Å²) in [6.45, 7) is 5.07. The Bertz CT molecular complexity index is 872. The molecule has 3 aromatic rings. The summed E-state index contributed by atoms with van der Waals surface area (Å²) in [7, 11) is 0. The number of halogens is 1. The maximum Gasteiger partial charge on any atom is 0.140 e. The molecule has 0 aliphatic carbocycles. The van der Waals surface area contributed by atoms with Crippen LogP contribution in [0.4, 0.5) is 0 Å². The Morgan fingerprint density at radius 2 is 1.74 bits per heavy atom. The van der Waals surface area contributed by atoms with E-state index >= 15 is 0 Å². The Morgan fingerprint density at radius 1 is 0.963 bits per heavy atom. The van der Waals surface area contributed by atoms with Crippen molar-refractivity contribution < 1.29 is 4.74 Å². The zero-order valence-electron chi connectivity index (χ0n) is 16.4. The molecule has 0 atom stereocenters. The average Bonchev–Trinajstić information content (AvgIpc) is 3.06. The van der Waals surface area contributed by atoms with Gasteiger partial charge in [-0.25, -0.2) is 4.98 Å². The average molecular weight is 385 g/mol. The van der Waals surface area contributed by atoms with E-state index in [2.05, 4.69) is 35.9 Å². The second kappa shape index (κ2) is 9.80. The fraction of sp³-hybridized carbons (Fsp3) is 0.435. The minimum atomic E-state index is 0.655. The van der Waals surface area contributed by atoms with Crippen LogP contribution in [-0.4, -0.2) is 16.6 Å². The van der Waals surface area contributed by atoms with Gasteiger partial charge >= 0.3 is 0 Å². The number of benzene rings is 2. The third kappa shape index (κ3) is 5.49. The molecule has 0 fully saturated rings. The van der Waals surface area contributed by atoms with E-state index in [0.717, 1.165) is 41.2 Å². The van der Waals surface area contributed by atoms with Crippen molar-refractivity contribution in [3.8, 4) is 17.1 Å². The number of H-pyrrole nitrogens is 1. The summed E-state index contributed by atoms with van der Waals surface area (Å²) in [5.74, 6) is 1.61. The van der Waals surface area contributed by atoms with Crippen LogP contribution in [0.2, 0.25) is 5.02 Å². The summed E-state index contributed by atoms with van der Waals surface area (Å²) in [5.41, 5.74) is 4.08. The molecular formula is C23H29ClN2O. The normalized spacial score (nSPS) is 11.2. The zero-order valence-corrected chi connectivity index (χ0v) is 17.1. The maximum absolute atomic E-state index is 6.49. The third-order valence-corrected chi connectivity index (χ3v) is 5.16. The van der Waals surface area contributed by atoms with Crippen molar-refractivity contribution in [3.63, 3.8) is 0 Å². The van der Waals surface area contributed by atoms with Gasteiger partial charge in [0, 0.05) is 5.56 Å². The van der Waals surface area contributed by atoms with Gasteiger partial charge in [0.1, 0.15) is 11.6 Å². The van der Waals surface area contributed by atoms with Gasteiger partial charge in [-0.05, 0) is 49.2 Å². The molecule has 2 aromatic carbocycles. The second-order valence-corrected chi connectivity index (χ2v) is 7.62. The molecule has 0 amide bonds. The van der Waals surface area contributed by atoms with Crippen molar-refractivity contribution in [2.75, 3.05) is 6.61 Å². The highest BCUT2D eigenvalue weighted by Crippen LogP contribution is 2.31. The molecule has 0 saturated carbocycles. The minimum Gasteiger partial charge on any atom is -0.494 e. The molecule has 0 bridgehead atoms. The Morgan fingerprint density at radius 3 is 2.52 bits per heavy atom. The van der Waals surface area contributed by atoms with Gasteiger partial charge in [-0.2, -0.15) is 0 Å². The number of aromatic amines is 1. The van der Waals surface area contributed by atoms with Crippen LogP contribution in [0, 0.1) is 6.92 Å². The second-order valence-electron chi connectivity index (χ2n) is 7.22. The van der Waals surface area contributed by atoms with Crippen LogP contribution >= 0.6 is 11.6 Å². The minimum absolute atomic E-state index is 0.655. The third-order valence-electron chi connectivity index (χ3n) is 4.85. The zero-order chi connectivity index (χ0) is 19.1. The van der Waals surface area contributed by atoms with Gasteiger partial charge in [-0.3, -0.25) is 0 Å². The highest BCUT2D eigenvalue weighted by Gasteiger charge is 2.10. The van der Waals surface area contributed by atoms with Crippen LogP contribution in [0.15, 0.2) is 36.4 Å². The van der Waals surface area contributed by atoms with Gasteiger partial charge in [-0.15, -0.1) is 0 Å². The number of aromatic nitrogens is 2. The van der Waals surface area contributed by atoms with Gasteiger partial charge in [-0.1, -0.05) is 63.1 Å². The van der Waals surface area contributed by atoms with Crippen LogP contribution in [0.25, 0.3) is 22.4 Å². The number of hydrogen-bond donors (Lipinski definition) is 1. The van der Waals surface area contributed by atoms with Crippen molar-refractivity contribution in [2.45, 2.75) is 58.8 Å². The molecular weight excluding hydrogens is 356 g/mol. The summed E-state index contributed by atoms with van der Waals surface area (Å²) in [6, 6.07) is 12.0. The lowest BCUT2D eigenvalue weighted by atomic mass is 10.1. The first kappa shape index (κ1) is 19.8. The van der Waals surface area contributed by atoms with Crippen LogP contribution < -0.4 is 4.74 Å². The fourth-order valence-corrected chi connectivity index (χ4v) is 3.54. The molecule has 0 saturated heterocycles. The quantitative estimate of drug-likeness (QED) is 0.372. The van der Waals surface area contributed by atoms with E-state index < -0.39 is 0 Å². The molecule has 27 heavy (non-hydrogen) atoms. The van der Waals surface area contributed by atoms with E-state index in [1.807, 2.05) is 24.3 Å². The molecule has 144 valence electrons. The monoisotopic (exact) mass is 384 g/mol. The van der Waals surface area contributed by atoms with E-state index in [4.69, 9.17) is 16.3 Å². The van der Waals surface area contributed by atoms with Crippen molar-refractivity contribution in [1.82, 2.24) is 9.97 Å². The number of nitrogens with zero attached hydrogens (tertiary/aromatic N) is 1. The van der Waals surface area contributed by atoms with Gasteiger partial charge in [0.25, 0.3) is 0 Å². The Balaban J connectivity index is 1.54. The van der Waals surface area contributed by atoms with Crippen LogP contribution in [0.5, 0.6) is 5.75 Å². The van der Waals surface area contributed by atoms with Crippen molar-refractivity contribution in [3.05, 3.63) is 47.0 Å². The fourth-order valence-electron chi connectivity index (χ4n) is 3.28. The largest absolute Gasteiger partial charge is 0.494 e. The highest BCUT2D eigenvalue weighted by molar-refractivity contribution is 6.33. The number of nitrogens with one attached hydrogen (secondary N) is 1. The summed E-state index contributed by atoms with van der Waals surface area (Å²) in [6.07, 6.45) is 8.97. The van der Waals surface area contributed by atoms with Gasteiger partial charge in [0.05, 0.1) is 22.7 Å². The van der Waals surface area contributed by atoms with Crippen molar-refractivity contribution in [1.29, 1.82) is 0 Å². The van der Waals surface area contributed by atoms with Crippen LogP contribution in [0.1, 0.15) is 57.4 Å². The van der Waals surface area contributed by atoms with Gasteiger partial charge in [0.15, 0.2) is 0 Å². The Kier molecular flexibility index (Phi) is 7.17. The van der Waals surface area contributed by atoms with E-state index in [-0.39, 0.29) is 0 Å². The predicted octanol–water partition coefficient (Wildman–Crippen LogP) is 7.32.